The van der Waals surface area contributed by atoms with Gasteiger partial charge in [-0.2, -0.15) is 0 Å². The number of nitrogens with zero attached hydrogens (tertiary/aromatic N) is 1. The van der Waals surface area contributed by atoms with Gasteiger partial charge in [-0.25, -0.2) is 4.39 Å². The van der Waals surface area contributed by atoms with Crippen molar-refractivity contribution in [3.8, 4) is 0 Å². The lowest BCUT2D eigenvalue weighted by atomic mass is 10.1. The lowest BCUT2D eigenvalue weighted by Crippen LogP contribution is -2.21. The van der Waals surface area contributed by atoms with Gasteiger partial charge in [-0.1, -0.05) is 6.07 Å². The van der Waals surface area contributed by atoms with E-state index < -0.39 is 0 Å². The zero-order valence-electron chi connectivity index (χ0n) is 10.8. The quantitative estimate of drug-likeness (QED) is 0.644. The van der Waals surface area contributed by atoms with Crippen LogP contribution in [0.25, 0.3) is 6.08 Å². The van der Waals surface area contributed by atoms with Crippen molar-refractivity contribution in [2.24, 2.45) is 0 Å². The second-order valence-corrected chi connectivity index (χ2v) is 5.28. The minimum atomic E-state index is -0.293. The highest BCUT2D eigenvalue weighted by atomic mass is 32.1. The molecule has 4 nitrogen and oxygen atoms in total. The van der Waals surface area contributed by atoms with Crippen LogP contribution >= 0.6 is 12.2 Å². The fourth-order valence-electron chi connectivity index (χ4n) is 2.48. The van der Waals surface area contributed by atoms with Crippen LogP contribution in [0.3, 0.4) is 0 Å². The molecule has 2 N–H and O–H groups in total. The van der Waals surface area contributed by atoms with Crippen molar-refractivity contribution in [3.63, 3.8) is 0 Å². The summed E-state index contributed by atoms with van der Waals surface area (Å²) in [4.78, 5) is 13.6. The number of halogens is 1. The molecule has 2 saturated heterocycles. The van der Waals surface area contributed by atoms with E-state index in [0.717, 1.165) is 25.9 Å². The fraction of sp³-hybridized carbons (Fsp3) is 0.286. The number of carbonyl (C=O) groups excluding carboxylic acids is 1. The first-order valence-corrected chi connectivity index (χ1v) is 6.93. The lowest BCUT2D eigenvalue weighted by Gasteiger charge is -2.18. The Bertz CT molecular complexity index is 608. The molecule has 0 atom stereocenters. The summed E-state index contributed by atoms with van der Waals surface area (Å²) in [5.41, 5.74) is 1.60. The number of hydrogen-bond acceptors (Lipinski definition) is 3. The summed E-state index contributed by atoms with van der Waals surface area (Å²) >= 11 is 4.84. The molecule has 20 heavy (non-hydrogen) atoms. The third-order valence-electron chi connectivity index (χ3n) is 3.45. The summed E-state index contributed by atoms with van der Waals surface area (Å²) in [7, 11) is 0. The van der Waals surface area contributed by atoms with E-state index in [0.29, 0.717) is 16.9 Å². The van der Waals surface area contributed by atoms with Crippen LogP contribution in [0.5, 0.6) is 0 Å². The molecule has 1 aromatic carbocycles. The van der Waals surface area contributed by atoms with Crippen molar-refractivity contribution in [1.29, 1.82) is 0 Å². The molecule has 2 aliphatic heterocycles. The highest BCUT2D eigenvalue weighted by Crippen LogP contribution is 2.25. The van der Waals surface area contributed by atoms with Gasteiger partial charge in [0.15, 0.2) is 5.11 Å². The Morgan fingerprint density at radius 1 is 1.25 bits per heavy atom. The van der Waals surface area contributed by atoms with Crippen molar-refractivity contribution in [3.05, 3.63) is 35.3 Å². The molecule has 0 saturated carbocycles. The van der Waals surface area contributed by atoms with Gasteiger partial charge in [0, 0.05) is 13.1 Å². The van der Waals surface area contributed by atoms with Gasteiger partial charge in [0.2, 0.25) is 0 Å². The molecule has 2 heterocycles. The van der Waals surface area contributed by atoms with E-state index in [9.17, 15) is 9.18 Å². The first kappa shape index (κ1) is 13.1. The van der Waals surface area contributed by atoms with Crippen molar-refractivity contribution < 1.29 is 9.18 Å². The number of rotatable bonds is 2. The molecule has 104 valence electrons. The molecule has 2 aliphatic rings. The number of carbonyl (C=O) groups is 1. The minimum Gasteiger partial charge on any atom is -0.369 e. The monoisotopic (exact) mass is 291 g/mol. The van der Waals surface area contributed by atoms with Crippen LogP contribution < -0.4 is 15.5 Å². The summed E-state index contributed by atoms with van der Waals surface area (Å²) in [5.74, 6) is -0.554. The van der Waals surface area contributed by atoms with Crippen molar-refractivity contribution in [1.82, 2.24) is 10.6 Å². The molecule has 0 radical (unpaired) electrons. The smallest absolute Gasteiger partial charge is 0.273 e. The predicted molar refractivity (Wildman–Crippen MR) is 79.7 cm³/mol. The van der Waals surface area contributed by atoms with Gasteiger partial charge in [0.05, 0.1) is 5.69 Å². The van der Waals surface area contributed by atoms with Crippen LogP contribution in [-0.2, 0) is 4.79 Å². The SMILES string of the molecule is O=C1NC(=S)N/C1=C/c1ccc(N2CCCC2)c(F)c1. The number of nitrogens with one attached hydrogen (secondary N) is 2. The summed E-state index contributed by atoms with van der Waals surface area (Å²) < 4.78 is 14.1. The third-order valence-corrected chi connectivity index (χ3v) is 3.65. The van der Waals surface area contributed by atoms with Crippen LogP contribution in [0.15, 0.2) is 23.9 Å². The number of benzene rings is 1. The molecule has 0 spiro atoms. The molecule has 0 bridgehead atoms. The maximum Gasteiger partial charge on any atom is 0.273 e. The second-order valence-electron chi connectivity index (χ2n) is 4.87. The molecule has 0 aromatic heterocycles. The van der Waals surface area contributed by atoms with E-state index in [1.54, 1.807) is 18.2 Å². The minimum absolute atomic E-state index is 0.262. The van der Waals surface area contributed by atoms with Crippen LogP contribution in [0.4, 0.5) is 10.1 Å². The molecule has 0 unspecified atom stereocenters. The average Bonchev–Trinajstić information content (AvgIpc) is 3.00. The Morgan fingerprint density at radius 2 is 2.00 bits per heavy atom. The summed E-state index contributed by atoms with van der Waals surface area (Å²) in [6.07, 6.45) is 3.80. The highest BCUT2D eigenvalue weighted by Gasteiger charge is 2.20. The lowest BCUT2D eigenvalue weighted by molar-refractivity contribution is -0.115. The van der Waals surface area contributed by atoms with Crippen molar-refractivity contribution in [2.45, 2.75) is 12.8 Å². The van der Waals surface area contributed by atoms with Gasteiger partial charge in [0.25, 0.3) is 5.91 Å². The van der Waals surface area contributed by atoms with Crippen molar-refractivity contribution in [2.75, 3.05) is 18.0 Å². The van der Waals surface area contributed by atoms with Crippen LogP contribution in [0.2, 0.25) is 0 Å². The third kappa shape index (κ3) is 2.51. The standard InChI is InChI=1S/C14H14FN3OS/c15-10-7-9(8-11-13(19)17-14(20)16-11)3-4-12(10)18-5-1-2-6-18/h3-4,7-8H,1-2,5-6H2,(H2,16,17,19,20)/b11-8+. The fourth-order valence-corrected chi connectivity index (χ4v) is 2.68. The molecule has 0 aliphatic carbocycles. The summed E-state index contributed by atoms with van der Waals surface area (Å²) in [5, 5.41) is 5.48. The summed E-state index contributed by atoms with van der Waals surface area (Å²) in [6, 6.07) is 5.01. The van der Waals surface area contributed by atoms with Crippen molar-refractivity contribution >= 4 is 35.0 Å². The first-order chi connectivity index (χ1) is 9.63. The molecular weight excluding hydrogens is 277 g/mol. The predicted octanol–water partition coefficient (Wildman–Crippen LogP) is 1.77. The molecule has 1 amide bonds. The highest BCUT2D eigenvalue weighted by molar-refractivity contribution is 7.80. The summed E-state index contributed by atoms with van der Waals surface area (Å²) in [6.45, 7) is 1.80. The van der Waals surface area contributed by atoms with E-state index in [1.807, 2.05) is 4.90 Å². The zero-order chi connectivity index (χ0) is 14.1. The van der Waals surface area contributed by atoms with Gasteiger partial charge >= 0.3 is 0 Å². The van der Waals surface area contributed by atoms with Crippen LogP contribution in [0, 0.1) is 5.82 Å². The van der Waals surface area contributed by atoms with E-state index in [4.69, 9.17) is 12.2 Å². The Labute approximate surface area is 121 Å². The van der Waals surface area contributed by atoms with Gasteiger partial charge in [-0.05, 0) is 48.8 Å². The van der Waals surface area contributed by atoms with E-state index in [1.165, 1.54) is 6.07 Å². The first-order valence-electron chi connectivity index (χ1n) is 6.52. The van der Waals surface area contributed by atoms with Crippen LogP contribution in [-0.4, -0.2) is 24.1 Å². The Hall–Kier alpha value is -1.95. The van der Waals surface area contributed by atoms with Gasteiger partial charge in [0.1, 0.15) is 11.5 Å². The Morgan fingerprint density at radius 3 is 2.60 bits per heavy atom. The molecule has 2 fully saturated rings. The Kier molecular flexibility index (Phi) is 3.40. The Balaban J connectivity index is 1.85. The number of thiocarbonyl (C=S) groups is 1. The molecular formula is C14H14FN3OS. The largest absolute Gasteiger partial charge is 0.369 e. The average molecular weight is 291 g/mol. The number of amides is 1. The van der Waals surface area contributed by atoms with Gasteiger partial charge < -0.3 is 10.2 Å². The second kappa shape index (κ2) is 5.20. The normalized spacial score (nSPS) is 20.4. The van der Waals surface area contributed by atoms with E-state index >= 15 is 0 Å². The maximum atomic E-state index is 14.1. The molecule has 6 heteroatoms. The topological polar surface area (TPSA) is 44.4 Å². The molecule has 1 aromatic rings. The maximum absolute atomic E-state index is 14.1. The molecule has 3 rings (SSSR count). The van der Waals surface area contributed by atoms with E-state index in [2.05, 4.69) is 10.6 Å². The number of anilines is 1. The van der Waals surface area contributed by atoms with Gasteiger partial charge in [-0.3, -0.25) is 10.1 Å². The number of hydrogen-bond donors (Lipinski definition) is 2. The van der Waals surface area contributed by atoms with Gasteiger partial charge in [-0.15, -0.1) is 0 Å². The van der Waals surface area contributed by atoms with Crippen LogP contribution in [0.1, 0.15) is 18.4 Å². The zero-order valence-corrected chi connectivity index (χ0v) is 11.6. The van der Waals surface area contributed by atoms with E-state index in [-0.39, 0.29) is 16.8 Å².